The van der Waals surface area contributed by atoms with Crippen molar-refractivity contribution in [1.29, 1.82) is 0 Å². The standard InChI is InChI=1S/C11H19NO2/c1-4-5-6-12(3)10-7-9(2)14-11(13)8-10/h1,9-11,13H,5-8H2,2-3H3/t9-,10+,11-/m1/s1. The molecule has 1 aliphatic heterocycles. The van der Waals surface area contributed by atoms with Crippen molar-refractivity contribution in [3.63, 3.8) is 0 Å². The minimum Gasteiger partial charge on any atom is -0.368 e. The van der Waals surface area contributed by atoms with Gasteiger partial charge in [-0.05, 0) is 20.4 Å². The maximum atomic E-state index is 9.44. The van der Waals surface area contributed by atoms with Crippen LogP contribution in [-0.2, 0) is 4.74 Å². The van der Waals surface area contributed by atoms with E-state index < -0.39 is 6.29 Å². The van der Waals surface area contributed by atoms with E-state index in [1.807, 2.05) is 14.0 Å². The number of ether oxygens (including phenoxy) is 1. The summed E-state index contributed by atoms with van der Waals surface area (Å²) in [5.41, 5.74) is 0. The van der Waals surface area contributed by atoms with E-state index in [9.17, 15) is 5.11 Å². The highest BCUT2D eigenvalue weighted by atomic mass is 16.6. The van der Waals surface area contributed by atoms with Crippen LogP contribution in [-0.4, -0.2) is 42.0 Å². The fourth-order valence-corrected chi connectivity index (χ4v) is 1.87. The lowest BCUT2D eigenvalue weighted by atomic mass is 10.0. The third-order valence-corrected chi connectivity index (χ3v) is 2.70. The van der Waals surface area contributed by atoms with Crippen LogP contribution in [0.1, 0.15) is 26.2 Å². The highest BCUT2D eigenvalue weighted by Crippen LogP contribution is 2.21. The number of hydrogen-bond donors (Lipinski definition) is 1. The van der Waals surface area contributed by atoms with Crippen LogP contribution in [0.4, 0.5) is 0 Å². The molecule has 0 radical (unpaired) electrons. The molecule has 1 heterocycles. The molecule has 0 aliphatic carbocycles. The molecule has 0 aromatic carbocycles. The van der Waals surface area contributed by atoms with Crippen molar-refractivity contribution in [2.45, 2.75) is 44.6 Å². The van der Waals surface area contributed by atoms with E-state index in [1.165, 1.54) is 0 Å². The fourth-order valence-electron chi connectivity index (χ4n) is 1.87. The SMILES string of the molecule is C#CCCN(C)[C@H]1C[C@@H](C)O[C@@H](O)C1. The van der Waals surface area contributed by atoms with Gasteiger partial charge in [0.05, 0.1) is 6.10 Å². The number of rotatable bonds is 3. The van der Waals surface area contributed by atoms with Crippen molar-refractivity contribution >= 4 is 0 Å². The zero-order chi connectivity index (χ0) is 10.6. The Morgan fingerprint density at radius 1 is 1.57 bits per heavy atom. The molecule has 3 heteroatoms. The number of aliphatic hydroxyl groups excluding tert-OH is 1. The second kappa shape index (κ2) is 5.35. The second-order valence-corrected chi connectivity index (χ2v) is 3.96. The van der Waals surface area contributed by atoms with Crippen LogP contribution in [0.3, 0.4) is 0 Å². The number of terminal acetylenes is 1. The van der Waals surface area contributed by atoms with Gasteiger partial charge >= 0.3 is 0 Å². The molecular formula is C11H19NO2. The van der Waals surface area contributed by atoms with E-state index in [-0.39, 0.29) is 6.10 Å². The molecule has 1 saturated heterocycles. The van der Waals surface area contributed by atoms with Crippen molar-refractivity contribution in [2.75, 3.05) is 13.6 Å². The van der Waals surface area contributed by atoms with Crippen molar-refractivity contribution in [1.82, 2.24) is 4.90 Å². The summed E-state index contributed by atoms with van der Waals surface area (Å²) in [7, 11) is 2.05. The van der Waals surface area contributed by atoms with Crippen LogP contribution in [0.15, 0.2) is 0 Å². The lowest BCUT2D eigenvalue weighted by molar-refractivity contribution is -0.173. The first-order valence-electron chi connectivity index (χ1n) is 5.10. The third-order valence-electron chi connectivity index (χ3n) is 2.70. The lowest BCUT2D eigenvalue weighted by Gasteiger charge is -2.36. The van der Waals surface area contributed by atoms with Gasteiger partial charge < -0.3 is 14.7 Å². The van der Waals surface area contributed by atoms with Gasteiger partial charge in [0.2, 0.25) is 0 Å². The van der Waals surface area contributed by atoms with Gasteiger partial charge in [-0.25, -0.2) is 0 Å². The van der Waals surface area contributed by atoms with E-state index in [0.717, 1.165) is 19.4 Å². The summed E-state index contributed by atoms with van der Waals surface area (Å²) in [5.74, 6) is 2.62. The molecule has 0 spiro atoms. The zero-order valence-corrected chi connectivity index (χ0v) is 8.94. The van der Waals surface area contributed by atoms with Crippen LogP contribution in [0.25, 0.3) is 0 Å². The van der Waals surface area contributed by atoms with Crippen molar-refractivity contribution in [3.05, 3.63) is 0 Å². The summed E-state index contributed by atoms with van der Waals surface area (Å²) < 4.78 is 5.26. The molecule has 1 rings (SSSR count). The van der Waals surface area contributed by atoms with Crippen molar-refractivity contribution < 1.29 is 9.84 Å². The smallest absolute Gasteiger partial charge is 0.156 e. The maximum absolute atomic E-state index is 9.44. The molecule has 0 saturated carbocycles. The topological polar surface area (TPSA) is 32.7 Å². The molecular weight excluding hydrogens is 178 g/mol. The monoisotopic (exact) mass is 197 g/mol. The first-order chi connectivity index (χ1) is 6.63. The first kappa shape index (κ1) is 11.5. The molecule has 80 valence electrons. The third kappa shape index (κ3) is 3.30. The molecule has 3 atom stereocenters. The highest BCUT2D eigenvalue weighted by Gasteiger charge is 2.27. The second-order valence-electron chi connectivity index (χ2n) is 3.96. The predicted molar refractivity (Wildman–Crippen MR) is 55.7 cm³/mol. The minimum atomic E-state index is -0.614. The van der Waals surface area contributed by atoms with Crippen molar-refractivity contribution in [3.8, 4) is 12.3 Å². The van der Waals surface area contributed by atoms with Gasteiger partial charge in [-0.3, -0.25) is 0 Å². The Bertz CT molecular complexity index is 202. The number of aliphatic hydroxyl groups is 1. The molecule has 3 nitrogen and oxygen atoms in total. The molecule has 14 heavy (non-hydrogen) atoms. The molecule has 1 aliphatic rings. The Kier molecular flexibility index (Phi) is 4.40. The Labute approximate surface area is 86.0 Å². The van der Waals surface area contributed by atoms with Crippen molar-refractivity contribution in [2.24, 2.45) is 0 Å². The Balaban J connectivity index is 2.39. The predicted octanol–water partition coefficient (Wildman–Crippen LogP) is 0.827. The van der Waals surface area contributed by atoms with Gasteiger partial charge in [-0.15, -0.1) is 12.3 Å². The molecule has 0 unspecified atom stereocenters. The van der Waals surface area contributed by atoms with Crippen LogP contribution in [0.5, 0.6) is 0 Å². The van der Waals surface area contributed by atoms with Crippen LogP contribution < -0.4 is 0 Å². The van der Waals surface area contributed by atoms with Crippen LogP contribution in [0, 0.1) is 12.3 Å². The molecule has 0 aromatic heterocycles. The van der Waals surface area contributed by atoms with Gasteiger partial charge in [-0.2, -0.15) is 0 Å². The minimum absolute atomic E-state index is 0.136. The molecule has 0 aromatic rings. The highest BCUT2D eigenvalue weighted by molar-refractivity contribution is 4.86. The van der Waals surface area contributed by atoms with E-state index >= 15 is 0 Å². The van der Waals surface area contributed by atoms with Gasteiger partial charge in [0.15, 0.2) is 6.29 Å². The number of hydrogen-bond acceptors (Lipinski definition) is 3. The van der Waals surface area contributed by atoms with Gasteiger partial charge in [0.25, 0.3) is 0 Å². The molecule has 0 amide bonds. The Morgan fingerprint density at radius 2 is 2.29 bits per heavy atom. The summed E-state index contributed by atoms with van der Waals surface area (Å²) in [4.78, 5) is 2.21. The first-order valence-corrected chi connectivity index (χ1v) is 5.10. The lowest BCUT2D eigenvalue weighted by Crippen LogP contribution is -2.43. The van der Waals surface area contributed by atoms with Crippen LogP contribution in [0.2, 0.25) is 0 Å². The normalized spacial score (nSPS) is 32.9. The van der Waals surface area contributed by atoms with E-state index in [4.69, 9.17) is 11.2 Å². The molecule has 1 N–H and O–H groups in total. The Morgan fingerprint density at radius 3 is 2.86 bits per heavy atom. The summed E-state index contributed by atoms with van der Waals surface area (Å²) in [6.07, 6.45) is 7.15. The van der Waals surface area contributed by atoms with E-state index in [1.54, 1.807) is 0 Å². The maximum Gasteiger partial charge on any atom is 0.156 e. The molecule has 1 fully saturated rings. The summed E-state index contributed by atoms with van der Waals surface area (Å²) in [6.45, 7) is 2.88. The number of nitrogens with zero attached hydrogens (tertiary/aromatic N) is 1. The van der Waals surface area contributed by atoms with Gasteiger partial charge in [0.1, 0.15) is 0 Å². The summed E-state index contributed by atoms with van der Waals surface area (Å²) in [5, 5.41) is 9.44. The largest absolute Gasteiger partial charge is 0.368 e. The van der Waals surface area contributed by atoms with Gasteiger partial charge in [-0.1, -0.05) is 0 Å². The quantitative estimate of drug-likeness (QED) is 0.680. The fraction of sp³-hybridized carbons (Fsp3) is 0.818. The Hall–Kier alpha value is -0.560. The van der Waals surface area contributed by atoms with E-state index in [0.29, 0.717) is 12.5 Å². The summed E-state index contributed by atoms with van der Waals surface area (Å²) >= 11 is 0. The van der Waals surface area contributed by atoms with Crippen LogP contribution >= 0.6 is 0 Å². The molecule has 0 bridgehead atoms. The van der Waals surface area contributed by atoms with Gasteiger partial charge in [0, 0.05) is 25.4 Å². The zero-order valence-electron chi connectivity index (χ0n) is 8.94. The summed E-state index contributed by atoms with van der Waals surface area (Å²) in [6, 6.07) is 0.391. The average Bonchev–Trinajstić information content (AvgIpc) is 2.12. The van der Waals surface area contributed by atoms with E-state index in [2.05, 4.69) is 10.8 Å². The average molecular weight is 197 g/mol.